The summed E-state index contributed by atoms with van der Waals surface area (Å²) in [6.45, 7) is 2.10. The maximum atomic E-state index is 15.1. The summed E-state index contributed by atoms with van der Waals surface area (Å²) in [5.74, 6) is -6.94. The third-order valence-corrected chi connectivity index (χ3v) is 11.3. The molecule has 50 heavy (non-hydrogen) atoms. The van der Waals surface area contributed by atoms with E-state index in [0.717, 1.165) is 0 Å². The molecule has 15 heteroatoms. The summed E-state index contributed by atoms with van der Waals surface area (Å²) < 4.78 is 40.2. The lowest BCUT2D eigenvalue weighted by Gasteiger charge is -2.50. The van der Waals surface area contributed by atoms with Crippen molar-refractivity contribution in [2.45, 2.75) is 43.7 Å². The molecular formula is C35H28Cl3F3N4O5. The van der Waals surface area contributed by atoms with Crippen LogP contribution < -0.4 is 5.43 Å². The predicted octanol–water partition coefficient (Wildman–Crippen LogP) is 7.16. The second kappa shape index (κ2) is 12.3. The van der Waals surface area contributed by atoms with Crippen LogP contribution in [0, 0.1) is 23.7 Å². The lowest BCUT2D eigenvalue weighted by atomic mass is 9.49. The van der Waals surface area contributed by atoms with Crippen LogP contribution in [0.5, 0.6) is 5.75 Å². The summed E-state index contributed by atoms with van der Waals surface area (Å²) in [4.78, 5) is 62.2. The van der Waals surface area contributed by atoms with E-state index in [2.05, 4.69) is 10.4 Å². The summed E-state index contributed by atoms with van der Waals surface area (Å²) in [6, 6.07) is 11.3. The molecule has 7 rings (SSSR count). The fourth-order valence-corrected chi connectivity index (χ4v) is 9.01. The zero-order chi connectivity index (χ0) is 35.9. The second-order valence-corrected chi connectivity index (χ2v) is 14.2. The number of anilines is 1. The third-order valence-electron chi connectivity index (χ3n) is 10.4. The molecule has 0 radical (unpaired) electrons. The van der Waals surface area contributed by atoms with Gasteiger partial charge in [0.1, 0.15) is 5.75 Å². The first kappa shape index (κ1) is 34.3. The van der Waals surface area contributed by atoms with E-state index in [-0.39, 0.29) is 47.8 Å². The highest BCUT2D eigenvalue weighted by Crippen LogP contribution is 2.64. The smallest absolute Gasteiger partial charge is 0.417 e. The Morgan fingerprint density at radius 1 is 0.960 bits per heavy atom. The van der Waals surface area contributed by atoms with Gasteiger partial charge in [-0.05, 0) is 66.6 Å². The summed E-state index contributed by atoms with van der Waals surface area (Å²) >= 11 is 19.3. The van der Waals surface area contributed by atoms with Gasteiger partial charge < -0.3 is 5.11 Å². The minimum Gasteiger partial charge on any atom is -0.508 e. The van der Waals surface area contributed by atoms with Gasteiger partial charge in [0.05, 0.1) is 33.8 Å². The van der Waals surface area contributed by atoms with Gasteiger partial charge in [0.15, 0.2) is 5.82 Å². The minimum absolute atomic E-state index is 0.0161. The summed E-state index contributed by atoms with van der Waals surface area (Å²) in [6.07, 6.45) is -1.60. The van der Waals surface area contributed by atoms with Crippen molar-refractivity contribution in [1.82, 2.24) is 14.9 Å². The molecule has 0 unspecified atom stereocenters. The topological polar surface area (TPSA) is 120 Å². The molecule has 1 aromatic heterocycles. The molecule has 3 fully saturated rings. The van der Waals surface area contributed by atoms with E-state index >= 15 is 4.79 Å². The Hall–Kier alpha value is -4.13. The number of phenols is 1. The summed E-state index contributed by atoms with van der Waals surface area (Å²) in [7, 11) is 0. The zero-order valence-corrected chi connectivity index (χ0v) is 28.4. The van der Waals surface area contributed by atoms with Crippen molar-refractivity contribution in [2.75, 3.05) is 12.0 Å². The fraction of sp³-hybridized carbons (Fsp3) is 0.343. The number of allylic oxidation sites excluding steroid dienone is 2. The number of carbonyl (C=O) groups excluding carboxylic acids is 4. The fourth-order valence-electron chi connectivity index (χ4n) is 8.39. The van der Waals surface area contributed by atoms with Gasteiger partial charge in [0.2, 0.25) is 11.8 Å². The lowest BCUT2D eigenvalue weighted by Crippen LogP contribution is -2.53. The van der Waals surface area contributed by atoms with Crippen LogP contribution in [0.1, 0.15) is 48.8 Å². The van der Waals surface area contributed by atoms with E-state index < -0.39 is 63.6 Å². The maximum absolute atomic E-state index is 15.1. The molecular weight excluding hydrogens is 720 g/mol. The first-order valence-corrected chi connectivity index (χ1v) is 17.0. The normalized spacial score (nSPS) is 27.7. The Balaban J connectivity index is 1.44. The number of phenolic OH excluding ortho intramolecular Hbond substituents is 1. The first-order valence-electron chi connectivity index (χ1n) is 15.9. The molecule has 6 atom stereocenters. The number of rotatable bonds is 6. The first-order chi connectivity index (χ1) is 23.7. The van der Waals surface area contributed by atoms with E-state index in [1.165, 1.54) is 17.0 Å². The molecule has 4 amide bonds. The molecule has 3 aromatic rings. The van der Waals surface area contributed by atoms with Crippen molar-refractivity contribution in [3.05, 3.63) is 98.1 Å². The number of pyridine rings is 1. The highest BCUT2D eigenvalue weighted by atomic mass is 35.5. The van der Waals surface area contributed by atoms with E-state index in [1.807, 2.05) is 13.0 Å². The van der Waals surface area contributed by atoms with Gasteiger partial charge in [-0.15, -0.1) is 0 Å². The Morgan fingerprint density at radius 3 is 2.32 bits per heavy atom. The number of likely N-dealkylation sites (tertiary alicyclic amines) is 1. The molecule has 3 heterocycles. The SMILES string of the molecule is CCCN1C(=O)[C@H]2[C@H](CC=C3[C@H]2C[C@H]2C(=O)N(Nc4ncc(C(F)(F)F)cc4Cl)C(=O)[C@@]2(c2ccc(Cl)cc2)[C@H]3c2ccc(O)cc2Cl)C1=O. The number of nitrogens with zero attached hydrogens (tertiary/aromatic N) is 3. The van der Waals surface area contributed by atoms with Crippen molar-refractivity contribution in [1.29, 1.82) is 0 Å². The quantitative estimate of drug-likeness (QED) is 0.203. The molecule has 0 spiro atoms. The Bertz CT molecular complexity index is 1990. The molecule has 4 aliphatic rings. The molecule has 2 aromatic carbocycles. The van der Waals surface area contributed by atoms with Crippen LogP contribution in [0.2, 0.25) is 15.1 Å². The highest BCUT2D eigenvalue weighted by Gasteiger charge is 2.70. The van der Waals surface area contributed by atoms with E-state index in [0.29, 0.717) is 45.4 Å². The molecule has 1 saturated carbocycles. The predicted molar refractivity (Wildman–Crippen MR) is 177 cm³/mol. The molecule has 260 valence electrons. The number of hydrogen-bond acceptors (Lipinski definition) is 7. The van der Waals surface area contributed by atoms with Gasteiger partial charge >= 0.3 is 6.18 Å². The van der Waals surface area contributed by atoms with Crippen molar-refractivity contribution in [3.8, 4) is 5.75 Å². The van der Waals surface area contributed by atoms with Crippen LogP contribution in [0.25, 0.3) is 0 Å². The van der Waals surface area contributed by atoms with E-state index in [4.69, 9.17) is 34.8 Å². The van der Waals surface area contributed by atoms with Gasteiger partial charge in [-0.25, -0.2) is 4.98 Å². The number of aromatic hydroxyl groups is 1. The van der Waals surface area contributed by atoms with E-state index in [9.17, 15) is 32.7 Å². The second-order valence-electron chi connectivity index (χ2n) is 13.0. The number of hydrazine groups is 1. The number of aromatic nitrogens is 1. The van der Waals surface area contributed by atoms with Gasteiger partial charge in [0.25, 0.3) is 11.8 Å². The van der Waals surface area contributed by atoms with Crippen LogP contribution in [0.4, 0.5) is 19.0 Å². The minimum atomic E-state index is -4.74. The maximum Gasteiger partial charge on any atom is 0.417 e. The van der Waals surface area contributed by atoms with Crippen LogP contribution >= 0.6 is 34.8 Å². The highest BCUT2D eigenvalue weighted by molar-refractivity contribution is 6.33. The average molecular weight is 748 g/mol. The molecule has 2 N–H and O–H groups in total. The molecule has 2 saturated heterocycles. The number of imide groups is 2. The van der Waals surface area contributed by atoms with Gasteiger partial charge in [-0.1, -0.05) is 71.6 Å². The van der Waals surface area contributed by atoms with Crippen molar-refractivity contribution < 1.29 is 37.5 Å². The van der Waals surface area contributed by atoms with Crippen LogP contribution in [0.15, 0.2) is 66.4 Å². The van der Waals surface area contributed by atoms with Gasteiger partial charge in [-0.3, -0.25) is 29.5 Å². The number of alkyl halides is 3. The number of hydrogen-bond donors (Lipinski definition) is 2. The van der Waals surface area contributed by atoms with E-state index in [1.54, 1.807) is 30.3 Å². The standard InChI is InChI=1S/C35H28Cl3F3N4O5/c1-2-11-44-30(47)22-10-9-20-23(27(22)32(44)49)14-24-31(48)45(43-29-26(38)12-17(15-42-29)35(39,40)41)33(50)34(24,16-3-5-18(36)6-4-16)28(20)21-8-7-19(46)13-25(21)37/h3-9,12-13,15,22-24,27-28,46H,2,10-11,14H2,1H3,(H,42,43)/t22-,23+,24-,27-,28+,34+/m0/s1. The van der Waals surface area contributed by atoms with Crippen LogP contribution in [-0.4, -0.2) is 50.2 Å². The van der Waals surface area contributed by atoms with Gasteiger partial charge in [-0.2, -0.15) is 18.2 Å². The number of nitrogens with one attached hydrogen (secondary N) is 1. The molecule has 0 bridgehead atoms. The van der Waals surface area contributed by atoms with Crippen LogP contribution in [0.3, 0.4) is 0 Å². The zero-order valence-electron chi connectivity index (χ0n) is 26.2. The number of amides is 4. The third kappa shape index (κ3) is 5.09. The number of halogens is 6. The number of carbonyl (C=O) groups is 4. The largest absolute Gasteiger partial charge is 0.508 e. The van der Waals surface area contributed by atoms with Crippen molar-refractivity contribution in [3.63, 3.8) is 0 Å². The molecule has 2 aliphatic carbocycles. The monoisotopic (exact) mass is 746 g/mol. The van der Waals surface area contributed by atoms with Crippen molar-refractivity contribution in [2.24, 2.45) is 23.7 Å². The molecule has 9 nitrogen and oxygen atoms in total. The molecule has 2 aliphatic heterocycles. The Morgan fingerprint density at radius 2 is 1.68 bits per heavy atom. The van der Waals surface area contributed by atoms with Crippen LogP contribution in [-0.2, 0) is 30.8 Å². The summed E-state index contributed by atoms with van der Waals surface area (Å²) in [5, 5.41) is 11.0. The average Bonchev–Trinajstić information content (AvgIpc) is 3.43. The Kier molecular flexibility index (Phi) is 8.43. The van der Waals surface area contributed by atoms with Gasteiger partial charge in [0, 0.05) is 28.7 Å². The number of fused-ring (bicyclic) bond motifs is 4. The Labute approximate surface area is 299 Å². The summed E-state index contributed by atoms with van der Waals surface area (Å²) in [5.41, 5.74) is 1.13. The number of benzene rings is 2. The van der Waals surface area contributed by atoms with Crippen molar-refractivity contribution >= 4 is 64.2 Å². The lowest BCUT2D eigenvalue weighted by molar-refractivity contribution is -0.141.